The lowest BCUT2D eigenvalue weighted by atomic mass is 9.87. The molecule has 0 N–H and O–H groups in total. The van der Waals surface area contributed by atoms with Gasteiger partial charge >= 0.3 is 0 Å². The van der Waals surface area contributed by atoms with Crippen molar-refractivity contribution in [2.45, 2.75) is 32.0 Å². The first-order valence-electron chi connectivity index (χ1n) is 6.29. The number of piperazine rings is 1. The third-order valence-corrected chi connectivity index (χ3v) is 3.88. The minimum absolute atomic E-state index is 0.241. The highest BCUT2D eigenvalue weighted by atomic mass is 16.2. The van der Waals surface area contributed by atoms with Crippen molar-refractivity contribution >= 4 is 5.91 Å². The van der Waals surface area contributed by atoms with E-state index < -0.39 is 0 Å². The maximum Gasteiger partial charge on any atom is 0.220 e. The van der Waals surface area contributed by atoms with Crippen molar-refractivity contribution in [3.63, 3.8) is 0 Å². The van der Waals surface area contributed by atoms with E-state index in [-0.39, 0.29) is 5.91 Å². The summed E-state index contributed by atoms with van der Waals surface area (Å²) in [6.07, 6.45) is 1.20. The van der Waals surface area contributed by atoms with E-state index in [9.17, 15) is 4.79 Å². The van der Waals surface area contributed by atoms with Gasteiger partial charge in [-0.25, -0.2) is 0 Å². The topological polar surface area (TPSA) is 23.6 Å². The summed E-state index contributed by atoms with van der Waals surface area (Å²) in [6, 6.07) is 11.5. The maximum absolute atomic E-state index is 11.4. The van der Waals surface area contributed by atoms with Crippen molar-refractivity contribution in [3.05, 3.63) is 35.9 Å². The summed E-state index contributed by atoms with van der Waals surface area (Å²) in [5.74, 6) is 0.241. The minimum atomic E-state index is 0.241. The average Bonchev–Trinajstić information content (AvgIpc) is 2.29. The van der Waals surface area contributed by atoms with Gasteiger partial charge in [-0.1, -0.05) is 30.3 Å². The molecular formula is C14H18N2O. The summed E-state index contributed by atoms with van der Waals surface area (Å²) in [6.45, 7) is 4.77. The van der Waals surface area contributed by atoms with Crippen LogP contribution in [0.5, 0.6) is 0 Å². The number of carbonyl (C=O) groups is 1. The molecule has 1 aromatic rings. The smallest absolute Gasteiger partial charge is 0.220 e. The van der Waals surface area contributed by atoms with Crippen LogP contribution in [0.25, 0.3) is 0 Å². The molecule has 3 heterocycles. The third kappa shape index (κ3) is 1.95. The van der Waals surface area contributed by atoms with Gasteiger partial charge in [0.2, 0.25) is 5.91 Å². The third-order valence-electron chi connectivity index (χ3n) is 3.88. The molecule has 90 valence electrons. The highest BCUT2D eigenvalue weighted by Crippen LogP contribution is 2.32. The SMILES string of the molecule is CC(=O)N1C2C[C@H]1CN(Cc1ccccc1)C2. The first-order valence-corrected chi connectivity index (χ1v) is 6.29. The van der Waals surface area contributed by atoms with Crippen LogP contribution in [0, 0.1) is 0 Å². The van der Waals surface area contributed by atoms with E-state index in [1.54, 1.807) is 6.92 Å². The van der Waals surface area contributed by atoms with Gasteiger partial charge in [-0.3, -0.25) is 9.69 Å². The van der Waals surface area contributed by atoms with Crippen molar-refractivity contribution in [1.29, 1.82) is 0 Å². The lowest BCUT2D eigenvalue weighted by Gasteiger charge is -2.56. The predicted molar refractivity (Wildman–Crippen MR) is 66.4 cm³/mol. The standard InChI is InChI=1S/C14H18N2O/c1-11(17)16-13-7-14(16)10-15(9-13)8-12-5-3-2-4-6-12/h2-6,13-14H,7-10H2,1H3/t13-,14?/m0/s1. The second-order valence-corrected chi connectivity index (χ2v) is 5.15. The second kappa shape index (κ2) is 4.15. The number of amides is 1. The zero-order valence-corrected chi connectivity index (χ0v) is 10.2. The highest BCUT2D eigenvalue weighted by molar-refractivity contribution is 5.75. The quantitative estimate of drug-likeness (QED) is 0.768. The molecule has 17 heavy (non-hydrogen) atoms. The first-order chi connectivity index (χ1) is 8.24. The van der Waals surface area contributed by atoms with E-state index in [1.165, 1.54) is 12.0 Å². The predicted octanol–water partition coefficient (Wildman–Crippen LogP) is 1.49. The number of piperidine rings is 1. The molecule has 3 aliphatic rings. The Bertz CT molecular complexity index is 405. The molecule has 3 fully saturated rings. The molecule has 2 atom stereocenters. The van der Waals surface area contributed by atoms with Crippen LogP contribution in [-0.4, -0.2) is 40.9 Å². The molecule has 0 aromatic heterocycles. The zero-order valence-electron chi connectivity index (χ0n) is 10.2. The van der Waals surface area contributed by atoms with Crippen LogP contribution in [0.15, 0.2) is 30.3 Å². The number of rotatable bonds is 2. The van der Waals surface area contributed by atoms with Crippen molar-refractivity contribution in [2.75, 3.05) is 13.1 Å². The van der Waals surface area contributed by atoms with Gasteiger partial charge in [0.05, 0.1) is 0 Å². The Kier molecular flexibility index (Phi) is 2.63. The number of hydrogen-bond donors (Lipinski definition) is 0. The summed E-state index contributed by atoms with van der Waals surface area (Å²) in [5.41, 5.74) is 1.36. The summed E-state index contributed by atoms with van der Waals surface area (Å²) in [5, 5.41) is 0. The lowest BCUT2D eigenvalue weighted by molar-refractivity contribution is -0.151. The van der Waals surface area contributed by atoms with Crippen LogP contribution in [0.1, 0.15) is 18.9 Å². The fourth-order valence-electron chi connectivity index (χ4n) is 3.18. The van der Waals surface area contributed by atoms with Gasteiger partial charge in [-0.2, -0.15) is 0 Å². The Morgan fingerprint density at radius 1 is 1.24 bits per heavy atom. The number of carbonyl (C=O) groups excluding carboxylic acids is 1. The molecule has 1 unspecified atom stereocenters. The van der Waals surface area contributed by atoms with Crippen LogP contribution in [0.2, 0.25) is 0 Å². The molecular weight excluding hydrogens is 212 g/mol. The normalized spacial score (nSPS) is 27.7. The molecule has 3 heteroatoms. The summed E-state index contributed by atoms with van der Waals surface area (Å²) in [4.78, 5) is 15.9. The summed E-state index contributed by atoms with van der Waals surface area (Å²) in [7, 11) is 0. The summed E-state index contributed by atoms with van der Waals surface area (Å²) < 4.78 is 0. The fraction of sp³-hybridized carbons (Fsp3) is 0.500. The van der Waals surface area contributed by atoms with Crippen LogP contribution < -0.4 is 0 Å². The Hall–Kier alpha value is -1.35. The number of benzene rings is 1. The van der Waals surface area contributed by atoms with Gasteiger partial charge in [0.15, 0.2) is 0 Å². The van der Waals surface area contributed by atoms with E-state index in [4.69, 9.17) is 0 Å². The van der Waals surface area contributed by atoms with Gasteiger partial charge in [0, 0.05) is 38.6 Å². The van der Waals surface area contributed by atoms with Gasteiger partial charge in [0.1, 0.15) is 0 Å². The van der Waals surface area contributed by atoms with Gasteiger partial charge in [0.25, 0.3) is 0 Å². The van der Waals surface area contributed by atoms with Crippen LogP contribution in [-0.2, 0) is 11.3 Å². The van der Waals surface area contributed by atoms with E-state index in [0.717, 1.165) is 19.6 Å². The molecule has 2 bridgehead atoms. The van der Waals surface area contributed by atoms with E-state index in [2.05, 4.69) is 40.1 Å². The molecule has 3 saturated heterocycles. The molecule has 3 aliphatic heterocycles. The highest BCUT2D eigenvalue weighted by Gasteiger charge is 2.45. The number of nitrogens with zero attached hydrogens (tertiary/aromatic N) is 2. The van der Waals surface area contributed by atoms with Gasteiger partial charge < -0.3 is 4.90 Å². The fourth-order valence-corrected chi connectivity index (χ4v) is 3.18. The first kappa shape index (κ1) is 10.8. The molecule has 1 amide bonds. The maximum atomic E-state index is 11.4. The van der Waals surface area contributed by atoms with E-state index >= 15 is 0 Å². The van der Waals surface area contributed by atoms with Gasteiger partial charge in [-0.15, -0.1) is 0 Å². The molecule has 4 rings (SSSR count). The van der Waals surface area contributed by atoms with Crippen molar-refractivity contribution < 1.29 is 4.79 Å². The van der Waals surface area contributed by atoms with Gasteiger partial charge in [-0.05, 0) is 12.0 Å². The lowest BCUT2D eigenvalue weighted by Crippen LogP contribution is -2.69. The minimum Gasteiger partial charge on any atom is -0.334 e. The van der Waals surface area contributed by atoms with E-state index in [1.807, 2.05) is 0 Å². The van der Waals surface area contributed by atoms with Crippen molar-refractivity contribution in [2.24, 2.45) is 0 Å². The van der Waals surface area contributed by atoms with Crippen LogP contribution >= 0.6 is 0 Å². The second-order valence-electron chi connectivity index (χ2n) is 5.15. The molecule has 0 saturated carbocycles. The Morgan fingerprint density at radius 3 is 2.47 bits per heavy atom. The Balaban J connectivity index is 1.61. The Labute approximate surface area is 102 Å². The molecule has 0 aliphatic carbocycles. The summed E-state index contributed by atoms with van der Waals surface area (Å²) >= 11 is 0. The molecule has 0 radical (unpaired) electrons. The average molecular weight is 230 g/mol. The molecule has 3 nitrogen and oxygen atoms in total. The molecule has 0 spiro atoms. The van der Waals surface area contributed by atoms with Crippen LogP contribution in [0.4, 0.5) is 0 Å². The van der Waals surface area contributed by atoms with E-state index in [0.29, 0.717) is 12.1 Å². The number of fused-ring (bicyclic) bond motifs is 2. The number of hydrogen-bond acceptors (Lipinski definition) is 2. The van der Waals surface area contributed by atoms with Crippen LogP contribution in [0.3, 0.4) is 0 Å². The zero-order chi connectivity index (χ0) is 11.8. The van der Waals surface area contributed by atoms with Crippen molar-refractivity contribution in [1.82, 2.24) is 9.80 Å². The largest absolute Gasteiger partial charge is 0.334 e. The monoisotopic (exact) mass is 230 g/mol. The molecule has 1 aromatic carbocycles. The van der Waals surface area contributed by atoms with Crippen molar-refractivity contribution in [3.8, 4) is 0 Å². The Morgan fingerprint density at radius 2 is 1.88 bits per heavy atom.